The van der Waals surface area contributed by atoms with Gasteiger partial charge in [-0.15, -0.1) is 0 Å². The lowest BCUT2D eigenvalue weighted by atomic mass is 10.4. The molecule has 0 bridgehead atoms. The molecule has 0 saturated heterocycles. The summed E-state index contributed by atoms with van der Waals surface area (Å²) in [6.45, 7) is 17.3. The molecule has 0 amide bonds. The standard InChI is InChI=1S/C17H36O7Si2/c1-8-20-25(21-9-2,15-19-17(18)16(6)7)13-14-26(22-10-3,23-11-4)24-12-5/h6,8-15H2,1-5,7H3. The van der Waals surface area contributed by atoms with Crippen LogP contribution in [0.5, 0.6) is 0 Å². The molecule has 0 aromatic heterocycles. The summed E-state index contributed by atoms with van der Waals surface area (Å²) in [6.07, 6.45) is 0.106. The highest BCUT2D eigenvalue weighted by atomic mass is 28.4. The summed E-state index contributed by atoms with van der Waals surface area (Å²) >= 11 is 0. The minimum absolute atomic E-state index is 0.106. The number of carbonyl (C=O) groups excluding carboxylic acids is 1. The number of esters is 1. The fraction of sp³-hybridized carbons (Fsp3) is 0.824. The molecular weight excluding hydrogens is 372 g/mol. The average molecular weight is 409 g/mol. The van der Waals surface area contributed by atoms with Gasteiger partial charge in [0.25, 0.3) is 0 Å². The van der Waals surface area contributed by atoms with Gasteiger partial charge in [-0.25, -0.2) is 4.79 Å². The molecular formula is C17H36O7Si2. The average Bonchev–Trinajstić information content (AvgIpc) is 2.59. The summed E-state index contributed by atoms with van der Waals surface area (Å²) in [7, 11) is -5.62. The summed E-state index contributed by atoms with van der Waals surface area (Å²) in [5, 5.41) is 0. The third-order valence-electron chi connectivity index (χ3n) is 3.49. The van der Waals surface area contributed by atoms with E-state index in [0.29, 0.717) is 50.7 Å². The Bertz CT molecular complexity index is 395. The van der Waals surface area contributed by atoms with E-state index in [-0.39, 0.29) is 6.23 Å². The normalized spacial score (nSPS) is 12.2. The Kier molecular flexibility index (Phi) is 13.3. The van der Waals surface area contributed by atoms with Gasteiger partial charge in [0, 0.05) is 44.7 Å². The lowest BCUT2D eigenvalue weighted by Gasteiger charge is -2.33. The van der Waals surface area contributed by atoms with E-state index in [1.54, 1.807) is 6.92 Å². The minimum atomic E-state index is -2.82. The van der Waals surface area contributed by atoms with E-state index in [0.717, 1.165) is 0 Å². The Morgan fingerprint density at radius 3 is 1.54 bits per heavy atom. The molecule has 7 nitrogen and oxygen atoms in total. The fourth-order valence-corrected chi connectivity index (χ4v) is 9.35. The van der Waals surface area contributed by atoms with E-state index in [4.69, 9.17) is 26.9 Å². The summed E-state index contributed by atoms with van der Waals surface area (Å²) in [6, 6.07) is 1.11. The molecule has 154 valence electrons. The Balaban J connectivity index is 5.32. The van der Waals surface area contributed by atoms with Crippen molar-refractivity contribution in [2.45, 2.75) is 53.6 Å². The molecule has 0 saturated carbocycles. The Hall–Kier alpha value is -0.556. The first-order valence-corrected chi connectivity index (χ1v) is 13.5. The molecule has 0 heterocycles. The monoisotopic (exact) mass is 408 g/mol. The molecule has 0 aliphatic heterocycles. The second-order valence-electron chi connectivity index (χ2n) is 5.62. The highest BCUT2D eigenvalue weighted by Crippen LogP contribution is 2.26. The van der Waals surface area contributed by atoms with Crippen molar-refractivity contribution in [1.29, 1.82) is 0 Å². The predicted molar refractivity (Wildman–Crippen MR) is 105 cm³/mol. The van der Waals surface area contributed by atoms with Crippen LogP contribution in [0.15, 0.2) is 12.2 Å². The molecule has 0 N–H and O–H groups in total. The zero-order valence-corrected chi connectivity index (χ0v) is 19.2. The summed E-state index contributed by atoms with van der Waals surface area (Å²) in [5.41, 5.74) is 0.350. The van der Waals surface area contributed by atoms with Crippen molar-refractivity contribution in [3.05, 3.63) is 12.2 Å². The van der Waals surface area contributed by atoms with Crippen LogP contribution in [-0.2, 0) is 31.7 Å². The summed E-state index contributed by atoms with van der Waals surface area (Å²) < 4.78 is 35.1. The Labute approximate surface area is 160 Å². The first kappa shape index (κ1) is 25.4. The van der Waals surface area contributed by atoms with E-state index in [1.807, 2.05) is 34.6 Å². The zero-order valence-electron chi connectivity index (χ0n) is 17.2. The third kappa shape index (κ3) is 8.89. The molecule has 0 aliphatic carbocycles. The summed E-state index contributed by atoms with van der Waals surface area (Å²) in [4.78, 5) is 11.8. The van der Waals surface area contributed by atoms with E-state index in [1.165, 1.54) is 0 Å². The van der Waals surface area contributed by atoms with Crippen molar-refractivity contribution >= 4 is 23.3 Å². The van der Waals surface area contributed by atoms with E-state index >= 15 is 0 Å². The van der Waals surface area contributed by atoms with Crippen molar-refractivity contribution in [3.8, 4) is 0 Å². The van der Waals surface area contributed by atoms with Crippen molar-refractivity contribution < 1.29 is 31.7 Å². The molecule has 0 aliphatic rings. The van der Waals surface area contributed by atoms with E-state index in [2.05, 4.69) is 6.58 Å². The van der Waals surface area contributed by atoms with Crippen LogP contribution in [0.1, 0.15) is 41.5 Å². The Morgan fingerprint density at radius 1 is 0.769 bits per heavy atom. The topological polar surface area (TPSA) is 72.5 Å². The maximum Gasteiger partial charge on any atom is 0.500 e. The third-order valence-corrected chi connectivity index (χ3v) is 10.3. The molecule has 0 rings (SSSR count). The van der Waals surface area contributed by atoms with Crippen LogP contribution in [-0.4, -0.2) is 62.6 Å². The molecule has 0 radical (unpaired) electrons. The highest BCUT2D eigenvalue weighted by molar-refractivity contribution is 6.70. The van der Waals surface area contributed by atoms with Crippen LogP contribution in [0, 0.1) is 0 Å². The van der Waals surface area contributed by atoms with Crippen LogP contribution in [0.4, 0.5) is 0 Å². The molecule has 26 heavy (non-hydrogen) atoms. The lowest BCUT2D eigenvalue weighted by Crippen LogP contribution is -2.52. The fourth-order valence-electron chi connectivity index (χ4n) is 2.51. The predicted octanol–water partition coefficient (Wildman–Crippen LogP) is 3.21. The smallest absolute Gasteiger partial charge is 0.460 e. The van der Waals surface area contributed by atoms with Gasteiger partial charge in [0.15, 0.2) is 0 Å². The lowest BCUT2D eigenvalue weighted by molar-refractivity contribution is -0.138. The zero-order chi connectivity index (χ0) is 20.1. The first-order valence-electron chi connectivity index (χ1n) is 9.36. The van der Waals surface area contributed by atoms with Crippen LogP contribution >= 0.6 is 0 Å². The number of ether oxygens (including phenoxy) is 1. The van der Waals surface area contributed by atoms with Gasteiger partial charge >= 0.3 is 23.3 Å². The maximum absolute atomic E-state index is 11.8. The second kappa shape index (κ2) is 13.6. The molecule has 0 aromatic rings. The molecule has 0 fully saturated rings. The number of rotatable bonds is 16. The van der Waals surface area contributed by atoms with Crippen LogP contribution in [0.3, 0.4) is 0 Å². The molecule has 0 spiro atoms. The first-order chi connectivity index (χ1) is 12.3. The van der Waals surface area contributed by atoms with Gasteiger partial charge in [0.05, 0.1) is 0 Å². The van der Waals surface area contributed by atoms with Gasteiger partial charge < -0.3 is 26.9 Å². The van der Waals surface area contributed by atoms with Gasteiger partial charge in [-0.2, -0.15) is 0 Å². The van der Waals surface area contributed by atoms with Crippen LogP contribution in [0.2, 0.25) is 12.1 Å². The highest BCUT2D eigenvalue weighted by Gasteiger charge is 2.47. The van der Waals surface area contributed by atoms with Crippen molar-refractivity contribution in [2.75, 3.05) is 39.3 Å². The molecule has 0 unspecified atom stereocenters. The van der Waals surface area contributed by atoms with E-state index < -0.39 is 23.3 Å². The van der Waals surface area contributed by atoms with Gasteiger partial charge in [0.1, 0.15) is 6.23 Å². The molecule has 0 atom stereocenters. The van der Waals surface area contributed by atoms with Gasteiger partial charge in [-0.05, 0) is 47.6 Å². The number of hydrogen-bond acceptors (Lipinski definition) is 7. The van der Waals surface area contributed by atoms with Crippen LogP contribution < -0.4 is 0 Å². The van der Waals surface area contributed by atoms with Crippen molar-refractivity contribution in [1.82, 2.24) is 0 Å². The van der Waals surface area contributed by atoms with Crippen molar-refractivity contribution in [3.63, 3.8) is 0 Å². The van der Waals surface area contributed by atoms with Gasteiger partial charge in [-0.3, -0.25) is 0 Å². The second-order valence-corrected chi connectivity index (χ2v) is 11.5. The molecule has 0 aromatic carbocycles. The van der Waals surface area contributed by atoms with E-state index in [9.17, 15) is 4.79 Å². The molecule has 9 heteroatoms. The van der Waals surface area contributed by atoms with Crippen molar-refractivity contribution in [2.24, 2.45) is 0 Å². The Morgan fingerprint density at radius 2 is 1.19 bits per heavy atom. The SMILES string of the molecule is C=C(C)C(=O)OC[Si](CC[Si](OCC)(OCC)OCC)(OCC)OCC. The minimum Gasteiger partial charge on any atom is -0.460 e. The van der Waals surface area contributed by atoms with Gasteiger partial charge in [-0.1, -0.05) is 6.58 Å². The van der Waals surface area contributed by atoms with Crippen LogP contribution in [0.25, 0.3) is 0 Å². The number of hydrogen-bond donors (Lipinski definition) is 0. The number of carbonyl (C=O) groups is 1. The largest absolute Gasteiger partial charge is 0.500 e. The summed E-state index contributed by atoms with van der Waals surface area (Å²) in [5.74, 6) is -0.441. The quantitative estimate of drug-likeness (QED) is 0.221. The van der Waals surface area contributed by atoms with Gasteiger partial charge in [0.2, 0.25) is 0 Å². The maximum atomic E-state index is 11.8.